The molecule has 0 aromatic carbocycles. The molecular formula is C9H16O3. The van der Waals surface area contributed by atoms with Crippen LogP contribution < -0.4 is 0 Å². The van der Waals surface area contributed by atoms with Crippen molar-refractivity contribution in [2.45, 2.75) is 24.9 Å². The monoisotopic (exact) mass is 172 g/mol. The molecular weight excluding hydrogens is 156 g/mol. The summed E-state index contributed by atoms with van der Waals surface area (Å²) >= 11 is 0. The Morgan fingerprint density at radius 3 is 2.83 bits per heavy atom. The number of ether oxygens (including phenoxy) is 2. The smallest absolute Gasteiger partial charge is 0.115 e. The van der Waals surface area contributed by atoms with E-state index < -0.39 is 0 Å². The van der Waals surface area contributed by atoms with Gasteiger partial charge in [0.25, 0.3) is 0 Å². The number of aliphatic hydroxyl groups is 1. The van der Waals surface area contributed by atoms with Crippen molar-refractivity contribution in [2.24, 2.45) is 5.92 Å². The fraction of sp³-hybridized carbons (Fsp3) is 1.00. The van der Waals surface area contributed by atoms with Crippen LogP contribution in [0, 0.1) is 5.92 Å². The first kappa shape index (κ1) is 8.48. The first-order valence-electron chi connectivity index (χ1n) is 4.67. The lowest BCUT2D eigenvalue weighted by molar-refractivity contribution is -0.235. The van der Waals surface area contributed by atoms with Gasteiger partial charge < -0.3 is 14.6 Å². The van der Waals surface area contributed by atoms with Gasteiger partial charge in [-0.25, -0.2) is 0 Å². The Hall–Kier alpha value is -0.120. The molecule has 0 aromatic rings. The third-order valence-corrected chi connectivity index (χ3v) is 2.86. The topological polar surface area (TPSA) is 38.7 Å². The average molecular weight is 172 g/mol. The second-order valence-corrected chi connectivity index (χ2v) is 3.90. The lowest BCUT2D eigenvalue weighted by atomic mass is 9.83. The van der Waals surface area contributed by atoms with Crippen molar-refractivity contribution >= 4 is 0 Å². The third kappa shape index (κ3) is 1.49. The molecule has 2 rings (SSSR count). The Bertz CT molecular complexity index is 152. The van der Waals surface area contributed by atoms with E-state index in [4.69, 9.17) is 14.6 Å². The van der Waals surface area contributed by atoms with Crippen LogP contribution in [0.3, 0.4) is 0 Å². The summed E-state index contributed by atoms with van der Waals surface area (Å²) in [6.07, 6.45) is 3.10. The molecule has 2 aliphatic heterocycles. The van der Waals surface area contributed by atoms with Gasteiger partial charge in [0, 0.05) is 13.2 Å². The van der Waals surface area contributed by atoms with E-state index in [1.807, 2.05) is 0 Å². The maximum Gasteiger partial charge on any atom is 0.115 e. The van der Waals surface area contributed by atoms with Gasteiger partial charge in [-0.15, -0.1) is 0 Å². The maximum atomic E-state index is 8.81. The summed E-state index contributed by atoms with van der Waals surface area (Å²) in [5, 5.41) is 8.81. The number of hydrogen-bond donors (Lipinski definition) is 1. The fourth-order valence-corrected chi connectivity index (χ4v) is 2.09. The van der Waals surface area contributed by atoms with Crippen LogP contribution in [-0.4, -0.2) is 37.1 Å². The van der Waals surface area contributed by atoms with Crippen molar-refractivity contribution in [3.05, 3.63) is 0 Å². The van der Waals surface area contributed by atoms with Gasteiger partial charge in [-0.2, -0.15) is 0 Å². The Labute approximate surface area is 72.7 Å². The Kier molecular flexibility index (Phi) is 2.35. The summed E-state index contributed by atoms with van der Waals surface area (Å²) < 4.78 is 10.8. The van der Waals surface area contributed by atoms with Crippen LogP contribution >= 0.6 is 0 Å². The van der Waals surface area contributed by atoms with Crippen LogP contribution in [0.5, 0.6) is 0 Å². The molecule has 12 heavy (non-hydrogen) atoms. The SMILES string of the molecule is OCCC1CCOC2(COC2)C1. The largest absolute Gasteiger partial charge is 0.396 e. The standard InChI is InChI=1S/C9H16O3/c10-3-1-8-2-4-12-9(5-8)6-11-7-9/h8,10H,1-7H2. The average Bonchev–Trinajstić information content (AvgIpc) is 2.03. The first-order valence-corrected chi connectivity index (χ1v) is 4.67. The molecule has 0 aromatic heterocycles. The lowest BCUT2D eigenvalue weighted by Crippen LogP contribution is -2.55. The molecule has 0 saturated carbocycles. The van der Waals surface area contributed by atoms with Crippen molar-refractivity contribution in [1.29, 1.82) is 0 Å². The van der Waals surface area contributed by atoms with E-state index in [0.29, 0.717) is 12.5 Å². The molecule has 1 unspecified atom stereocenters. The predicted molar refractivity (Wildman–Crippen MR) is 43.9 cm³/mol. The van der Waals surface area contributed by atoms with Crippen LogP contribution in [0.4, 0.5) is 0 Å². The van der Waals surface area contributed by atoms with Gasteiger partial charge in [-0.1, -0.05) is 0 Å². The molecule has 1 N–H and O–H groups in total. The van der Waals surface area contributed by atoms with Gasteiger partial charge in [0.05, 0.1) is 13.2 Å². The van der Waals surface area contributed by atoms with Crippen molar-refractivity contribution < 1.29 is 14.6 Å². The Balaban J connectivity index is 1.85. The zero-order valence-electron chi connectivity index (χ0n) is 7.29. The molecule has 1 atom stereocenters. The van der Waals surface area contributed by atoms with Gasteiger partial charge in [0.1, 0.15) is 5.60 Å². The number of rotatable bonds is 2. The van der Waals surface area contributed by atoms with E-state index in [1.54, 1.807) is 0 Å². The predicted octanol–water partition coefficient (Wildman–Crippen LogP) is 0.564. The molecule has 0 bridgehead atoms. The van der Waals surface area contributed by atoms with Crippen LogP contribution in [0.2, 0.25) is 0 Å². The van der Waals surface area contributed by atoms with Crippen LogP contribution in [0.25, 0.3) is 0 Å². The van der Waals surface area contributed by atoms with Gasteiger partial charge in [0.2, 0.25) is 0 Å². The molecule has 2 saturated heterocycles. The normalized spacial score (nSPS) is 33.2. The maximum absolute atomic E-state index is 8.81. The van der Waals surface area contributed by atoms with Crippen LogP contribution in [0.1, 0.15) is 19.3 Å². The summed E-state index contributed by atoms with van der Waals surface area (Å²) in [5.74, 6) is 0.646. The van der Waals surface area contributed by atoms with E-state index in [2.05, 4.69) is 0 Å². The van der Waals surface area contributed by atoms with Gasteiger partial charge >= 0.3 is 0 Å². The second kappa shape index (κ2) is 3.32. The highest BCUT2D eigenvalue weighted by atomic mass is 16.6. The Morgan fingerprint density at radius 1 is 1.42 bits per heavy atom. The quantitative estimate of drug-likeness (QED) is 0.661. The molecule has 2 heterocycles. The summed E-state index contributed by atoms with van der Waals surface area (Å²) in [6, 6.07) is 0. The van der Waals surface area contributed by atoms with E-state index in [1.165, 1.54) is 0 Å². The highest BCUT2D eigenvalue weighted by Crippen LogP contribution is 2.36. The van der Waals surface area contributed by atoms with Crippen LogP contribution in [0.15, 0.2) is 0 Å². The molecule has 0 aliphatic carbocycles. The minimum absolute atomic E-state index is 0.0398. The van der Waals surface area contributed by atoms with Crippen molar-refractivity contribution in [1.82, 2.24) is 0 Å². The van der Waals surface area contributed by atoms with E-state index in [-0.39, 0.29) is 5.60 Å². The molecule has 1 spiro atoms. The van der Waals surface area contributed by atoms with Crippen LogP contribution in [-0.2, 0) is 9.47 Å². The van der Waals surface area contributed by atoms with Crippen molar-refractivity contribution in [3.8, 4) is 0 Å². The summed E-state index contributed by atoms with van der Waals surface area (Å²) in [5.41, 5.74) is 0.0398. The van der Waals surface area contributed by atoms with Crippen molar-refractivity contribution in [2.75, 3.05) is 26.4 Å². The first-order chi connectivity index (χ1) is 5.85. The number of aliphatic hydroxyl groups excluding tert-OH is 1. The highest BCUT2D eigenvalue weighted by molar-refractivity contribution is 4.92. The molecule has 2 fully saturated rings. The lowest BCUT2D eigenvalue weighted by Gasteiger charge is -2.46. The summed E-state index contributed by atoms with van der Waals surface area (Å²) in [4.78, 5) is 0. The zero-order valence-corrected chi connectivity index (χ0v) is 7.29. The summed E-state index contributed by atoms with van der Waals surface area (Å²) in [6.45, 7) is 2.67. The second-order valence-electron chi connectivity index (χ2n) is 3.90. The molecule has 0 radical (unpaired) electrons. The van der Waals surface area contributed by atoms with Crippen molar-refractivity contribution in [3.63, 3.8) is 0 Å². The molecule has 0 amide bonds. The highest BCUT2D eigenvalue weighted by Gasteiger charge is 2.43. The third-order valence-electron chi connectivity index (χ3n) is 2.86. The molecule has 3 heteroatoms. The molecule has 3 nitrogen and oxygen atoms in total. The molecule has 2 aliphatic rings. The van der Waals surface area contributed by atoms with Gasteiger partial charge in [0.15, 0.2) is 0 Å². The van der Waals surface area contributed by atoms with Gasteiger partial charge in [-0.3, -0.25) is 0 Å². The fourth-order valence-electron chi connectivity index (χ4n) is 2.09. The summed E-state index contributed by atoms with van der Waals surface area (Å²) in [7, 11) is 0. The van der Waals surface area contributed by atoms with E-state index in [9.17, 15) is 0 Å². The Morgan fingerprint density at radius 2 is 2.25 bits per heavy atom. The number of hydrogen-bond acceptors (Lipinski definition) is 3. The minimum atomic E-state index is 0.0398. The van der Waals surface area contributed by atoms with Gasteiger partial charge in [-0.05, 0) is 25.2 Å². The zero-order chi connectivity index (χ0) is 8.44. The molecule has 70 valence electrons. The van der Waals surface area contributed by atoms with E-state index >= 15 is 0 Å². The minimum Gasteiger partial charge on any atom is -0.396 e. The van der Waals surface area contributed by atoms with E-state index in [0.717, 1.165) is 39.1 Å².